The lowest BCUT2D eigenvalue weighted by molar-refractivity contribution is -0.148. The van der Waals surface area contributed by atoms with Gasteiger partial charge in [-0.15, -0.1) is 0 Å². The van der Waals surface area contributed by atoms with Crippen LogP contribution in [-0.4, -0.2) is 12.1 Å². The molecule has 0 spiro atoms. The number of carbonyl (C=O) groups is 1. The van der Waals surface area contributed by atoms with Crippen LogP contribution in [0.1, 0.15) is 112 Å². The Kier molecular flexibility index (Phi) is 8.40. The van der Waals surface area contributed by atoms with Crippen molar-refractivity contribution in [3.8, 4) is 6.57 Å². The minimum absolute atomic E-state index is 0.115. The maximum absolute atomic E-state index is 11.5. The summed E-state index contributed by atoms with van der Waals surface area (Å²) >= 11 is 0. The number of hydrogen-bond donors (Lipinski definition) is 0. The van der Waals surface area contributed by atoms with E-state index in [1.807, 2.05) is 0 Å². The van der Waals surface area contributed by atoms with Crippen molar-refractivity contribution in [2.75, 3.05) is 0 Å². The minimum Gasteiger partial charge on any atom is -0.462 e. The number of nitrogens with zero attached hydrogens (tertiary/aromatic N) is 1. The van der Waals surface area contributed by atoms with Crippen molar-refractivity contribution in [3.63, 3.8) is 0 Å². The number of allylic oxidation sites excluding steroid dienone is 1. The smallest absolute Gasteiger partial charge is 0.302 e. The van der Waals surface area contributed by atoms with Crippen molar-refractivity contribution < 1.29 is 9.53 Å². The highest BCUT2D eigenvalue weighted by molar-refractivity contribution is 5.66. The van der Waals surface area contributed by atoms with E-state index < -0.39 is 0 Å². The van der Waals surface area contributed by atoms with E-state index in [1.165, 1.54) is 57.8 Å². The molecule has 0 unspecified atom stereocenters. The summed E-state index contributed by atoms with van der Waals surface area (Å²) < 4.78 is 5.61. The summed E-state index contributed by atoms with van der Waals surface area (Å²) in [4.78, 5) is 11.5. The maximum Gasteiger partial charge on any atom is 0.302 e. The number of hydrogen-bond acceptors (Lipinski definition) is 3. The molecule has 4 aliphatic rings. The van der Waals surface area contributed by atoms with Gasteiger partial charge in [0, 0.05) is 19.9 Å². The predicted molar refractivity (Wildman–Crippen MR) is 135 cm³/mol. The number of rotatable bonds is 6. The molecule has 33 heavy (non-hydrogen) atoms. The maximum atomic E-state index is 11.5. The molecule has 3 saturated carbocycles. The molecule has 0 saturated heterocycles. The fraction of sp³-hybridized carbons (Fsp3) is 0.867. The van der Waals surface area contributed by atoms with E-state index >= 15 is 0 Å². The van der Waals surface area contributed by atoms with E-state index in [2.05, 4.69) is 47.3 Å². The third kappa shape index (κ3) is 5.06. The number of ether oxygens (including phenoxy) is 1. The van der Waals surface area contributed by atoms with Gasteiger partial charge in [0.25, 0.3) is 0 Å². The fourth-order valence-electron chi connectivity index (χ4n) is 8.99. The number of esters is 1. The van der Waals surface area contributed by atoms with Gasteiger partial charge in [-0.05, 0) is 91.3 Å². The predicted octanol–water partition coefficient (Wildman–Crippen LogP) is 8.10. The first-order valence-corrected chi connectivity index (χ1v) is 13.8. The Balaban J connectivity index is 0.00000149. The van der Waals surface area contributed by atoms with Crippen LogP contribution < -0.4 is 0 Å². The summed E-state index contributed by atoms with van der Waals surface area (Å²) in [5.41, 5.74) is 2.53. The Labute approximate surface area is 203 Å². The molecule has 0 aliphatic heterocycles. The van der Waals surface area contributed by atoms with Crippen molar-refractivity contribution >= 4 is 5.97 Å². The zero-order valence-electron chi connectivity index (χ0n) is 22.2. The van der Waals surface area contributed by atoms with Gasteiger partial charge < -0.3 is 4.74 Å². The molecular weight excluding hydrogens is 406 g/mol. The Bertz CT molecular complexity index is 739. The summed E-state index contributed by atoms with van der Waals surface area (Å²) in [6, 6.07) is 0. The van der Waals surface area contributed by atoms with Crippen LogP contribution in [0.25, 0.3) is 0 Å². The van der Waals surface area contributed by atoms with Crippen LogP contribution in [0.15, 0.2) is 11.6 Å². The van der Waals surface area contributed by atoms with Crippen molar-refractivity contribution in [2.45, 2.75) is 118 Å². The molecule has 4 aliphatic carbocycles. The van der Waals surface area contributed by atoms with Gasteiger partial charge in [0.2, 0.25) is 0 Å². The van der Waals surface area contributed by atoms with Crippen LogP contribution in [0.3, 0.4) is 0 Å². The number of nitriles is 1. The normalized spacial score (nSPS) is 40.4. The van der Waals surface area contributed by atoms with Crippen LogP contribution in [0, 0.1) is 58.2 Å². The van der Waals surface area contributed by atoms with Gasteiger partial charge in [-0.3, -0.25) is 4.79 Å². The minimum atomic E-state index is -0.115. The Morgan fingerprint density at radius 2 is 1.82 bits per heavy atom. The van der Waals surface area contributed by atoms with E-state index in [1.54, 1.807) is 12.5 Å². The molecule has 0 bridgehead atoms. The van der Waals surface area contributed by atoms with Gasteiger partial charge in [0.15, 0.2) is 0 Å². The Morgan fingerprint density at radius 3 is 2.48 bits per heavy atom. The highest BCUT2D eigenvalue weighted by Crippen LogP contribution is 2.67. The van der Waals surface area contributed by atoms with Crippen LogP contribution in [-0.2, 0) is 9.53 Å². The molecule has 0 radical (unpaired) electrons. The van der Waals surface area contributed by atoms with Crippen molar-refractivity contribution in [1.82, 2.24) is 0 Å². The average Bonchev–Trinajstić information content (AvgIpc) is 3.12. The molecular formula is C30H49NO2. The first kappa shape index (κ1) is 26.3. The zero-order valence-corrected chi connectivity index (χ0v) is 22.2. The SMILES string of the molecule is C#N.CC(=O)O[C@H]1CC[C@@]2(C)C(=CC[C@H]3[C@@H]4CC[C@H]([C@H](C)CCCC(C)C)[C@@]4(C)CC[C@@H]32)C1. The number of fused-ring (bicyclic) bond motifs is 5. The summed E-state index contributed by atoms with van der Waals surface area (Å²) in [6.07, 6.45) is 17.2. The monoisotopic (exact) mass is 455 g/mol. The van der Waals surface area contributed by atoms with E-state index in [-0.39, 0.29) is 12.1 Å². The summed E-state index contributed by atoms with van der Waals surface area (Å²) in [7, 11) is 0. The van der Waals surface area contributed by atoms with Gasteiger partial charge in [-0.2, -0.15) is 0 Å². The molecule has 0 heterocycles. The lowest BCUT2D eigenvalue weighted by Gasteiger charge is -2.58. The standard InChI is InChI=1S/C29H48O2.CHN/c1-19(2)8-7-9-20(3)25-12-13-26-24-11-10-22-18-23(31-21(4)30)14-16-28(22,5)27(24)15-17-29(25,26)6;1-2/h10,19-20,23-27H,7-9,11-18H2,1-6H3;1H/t20-,23+,24+,25-,26+,27+,28+,29-;/m1./s1. The Hall–Kier alpha value is -1.30. The van der Waals surface area contributed by atoms with Crippen molar-refractivity contribution in [2.24, 2.45) is 46.3 Å². The van der Waals surface area contributed by atoms with Gasteiger partial charge in [-0.25, -0.2) is 5.26 Å². The van der Waals surface area contributed by atoms with Gasteiger partial charge in [0.1, 0.15) is 6.10 Å². The quantitative estimate of drug-likeness (QED) is 0.300. The fourth-order valence-corrected chi connectivity index (χ4v) is 8.99. The highest BCUT2D eigenvalue weighted by atomic mass is 16.5. The van der Waals surface area contributed by atoms with Crippen molar-refractivity contribution in [3.05, 3.63) is 11.6 Å². The Morgan fingerprint density at radius 1 is 1.09 bits per heavy atom. The first-order valence-electron chi connectivity index (χ1n) is 13.8. The van der Waals surface area contributed by atoms with Crippen LogP contribution in [0.4, 0.5) is 0 Å². The highest BCUT2D eigenvalue weighted by Gasteiger charge is 2.59. The molecule has 0 aromatic rings. The van der Waals surface area contributed by atoms with Gasteiger partial charge >= 0.3 is 5.97 Å². The molecule has 3 heteroatoms. The topological polar surface area (TPSA) is 50.1 Å². The molecule has 3 nitrogen and oxygen atoms in total. The molecule has 3 fully saturated rings. The van der Waals surface area contributed by atoms with E-state index in [0.29, 0.717) is 10.8 Å². The van der Waals surface area contributed by atoms with Crippen molar-refractivity contribution in [1.29, 1.82) is 5.26 Å². The average molecular weight is 456 g/mol. The molecule has 0 aromatic heterocycles. The van der Waals surface area contributed by atoms with E-state index in [0.717, 1.165) is 48.3 Å². The summed E-state index contributed by atoms with van der Waals surface area (Å²) in [6.45, 7) is 17.6. The number of carbonyl (C=O) groups excluding carboxylic acids is 1. The van der Waals surface area contributed by atoms with E-state index in [9.17, 15) is 4.79 Å². The van der Waals surface area contributed by atoms with Crippen LogP contribution in [0.5, 0.6) is 0 Å². The summed E-state index contributed by atoms with van der Waals surface area (Å²) in [5.74, 6) is 5.19. The second kappa shape index (κ2) is 10.5. The molecule has 0 aromatic carbocycles. The lowest BCUT2D eigenvalue weighted by Crippen LogP contribution is -2.51. The molecule has 8 atom stereocenters. The van der Waals surface area contributed by atoms with Crippen LogP contribution in [0.2, 0.25) is 0 Å². The molecule has 4 rings (SSSR count). The first-order chi connectivity index (χ1) is 15.6. The molecule has 0 amide bonds. The summed E-state index contributed by atoms with van der Waals surface area (Å²) in [5, 5.41) is 6.50. The third-order valence-corrected chi connectivity index (χ3v) is 10.6. The van der Waals surface area contributed by atoms with Gasteiger partial charge in [-0.1, -0.05) is 65.5 Å². The van der Waals surface area contributed by atoms with Crippen LogP contribution >= 0.6 is 0 Å². The molecule has 0 N–H and O–H groups in total. The van der Waals surface area contributed by atoms with E-state index in [4.69, 9.17) is 10.00 Å². The van der Waals surface area contributed by atoms with Gasteiger partial charge in [0.05, 0.1) is 0 Å². The largest absolute Gasteiger partial charge is 0.462 e. The molecule has 186 valence electrons. The second-order valence-electron chi connectivity index (χ2n) is 12.8. The second-order valence-corrected chi connectivity index (χ2v) is 12.8. The lowest BCUT2D eigenvalue weighted by atomic mass is 9.47. The third-order valence-electron chi connectivity index (χ3n) is 10.6. The zero-order chi connectivity index (χ0) is 24.4.